The Labute approximate surface area is 171 Å². The molecule has 1 N–H and O–H groups in total. The highest BCUT2D eigenvalue weighted by Gasteiger charge is 2.22. The third-order valence-corrected chi connectivity index (χ3v) is 5.33. The molecule has 0 radical (unpaired) electrons. The molecule has 1 amide bonds. The summed E-state index contributed by atoms with van der Waals surface area (Å²) in [6, 6.07) is 13.4. The number of ether oxygens (including phenoxy) is 1. The summed E-state index contributed by atoms with van der Waals surface area (Å²) in [6.45, 7) is 1.70. The summed E-state index contributed by atoms with van der Waals surface area (Å²) in [7, 11) is 3.41. The molecule has 3 aromatic rings. The average Bonchev–Trinajstić information content (AvgIpc) is 3.08. The molecule has 1 heterocycles. The number of nitro groups is 1. The molecule has 0 saturated heterocycles. The van der Waals surface area contributed by atoms with Crippen LogP contribution in [0.15, 0.2) is 53.7 Å². The molecular weight excluding hydrogens is 394 g/mol. The predicted molar refractivity (Wildman–Crippen MR) is 110 cm³/mol. The van der Waals surface area contributed by atoms with Crippen LogP contribution in [0, 0.1) is 10.1 Å². The Morgan fingerprint density at radius 1 is 1.21 bits per heavy atom. The van der Waals surface area contributed by atoms with Gasteiger partial charge in [-0.2, -0.15) is 0 Å². The number of para-hydroxylation sites is 2. The Morgan fingerprint density at radius 3 is 2.55 bits per heavy atom. The molecule has 1 atom stereocenters. The summed E-state index contributed by atoms with van der Waals surface area (Å²) >= 11 is 1.22. The van der Waals surface area contributed by atoms with E-state index in [2.05, 4.69) is 15.5 Å². The molecule has 0 unspecified atom stereocenters. The van der Waals surface area contributed by atoms with Gasteiger partial charge in [0.25, 0.3) is 5.69 Å². The minimum absolute atomic E-state index is 0.154. The molecule has 10 heteroatoms. The molecular formula is C19H19N5O4S. The van der Waals surface area contributed by atoms with Crippen LogP contribution in [0.2, 0.25) is 0 Å². The van der Waals surface area contributed by atoms with Crippen molar-refractivity contribution >= 4 is 29.0 Å². The average molecular weight is 413 g/mol. The van der Waals surface area contributed by atoms with E-state index in [9.17, 15) is 14.9 Å². The first-order valence-corrected chi connectivity index (χ1v) is 9.53. The molecule has 3 rings (SSSR count). The Kier molecular flexibility index (Phi) is 6.13. The Hall–Kier alpha value is -3.40. The lowest BCUT2D eigenvalue weighted by molar-refractivity contribution is -0.383. The highest BCUT2D eigenvalue weighted by atomic mass is 32.2. The highest BCUT2D eigenvalue weighted by Crippen LogP contribution is 2.28. The lowest BCUT2D eigenvalue weighted by Gasteiger charge is -2.12. The largest absolute Gasteiger partial charge is 0.497 e. The molecule has 0 aliphatic heterocycles. The first-order valence-electron chi connectivity index (χ1n) is 8.65. The van der Waals surface area contributed by atoms with Gasteiger partial charge in [0.15, 0.2) is 11.0 Å². The normalized spacial score (nSPS) is 11.7. The van der Waals surface area contributed by atoms with Gasteiger partial charge in [0.1, 0.15) is 11.4 Å². The second-order valence-corrected chi connectivity index (χ2v) is 7.43. The molecule has 0 aliphatic rings. The number of nitrogens with one attached hydrogen (secondary N) is 1. The van der Waals surface area contributed by atoms with Gasteiger partial charge >= 0.3 is 0 Å². The Balaban J connectivity index is 1.72. The standard InChI is InChI=1S/C19H19N5O4S/c1-12(18(25)20-15-6-4-5-7-16(15)24(26)27)29-19-22-21-17(23(19)2)13-8-10-14(28-3)11-9-13/h4-12H,1-3H3,(H,20,25)/t12-/m0/s1. The van der Waals surface area contributed by atoms with Crippen LogP contribution in [0.1, 0.15) is 6.92 Å². The van der Waals surface area contributed by atoms with Gasteiger partial charge in [-0.05, 0) is 37.3 Å². The van der Waals surface area contributed by atoms with E-state index in [0.717, 1.165) is 11.3 Å². The number of nitrogens with zero attached hydrogens (tertiary/aromatic N) is 4. The second-order valence-electron chi connectivity index (χ2n) is 6.12. The third-order valence-electron chi connectivity index (χ3n) is 4.19. The van der Waals surface area contributed by atoms with Crippen molar-refractivity contribution in [3.05, 3.63) is 58.6 Å². The summed E-state index contributed by atoms with van der Waals surface area (Å²) < 4.78 is 6.95. The van der Waals surface area contributed by atoms with Gasteiger partial charge in [0, 0.05) is 18.7 Å². The van der Waals surface area contributed by atoms with Crippen molar-refractivity contribution in [2.45, 2.75) is 17.3 Å². The van der Waals surface area contributed by atoms with E-state index < -0.39 is 10.2 Å². The van der Waals surface area contributed by atoms with Gasteiger partial charge in [-0.15, -0.1) is 10.2 Å². The minimum Gasteiger partial charge on any atom is -0.497 e. The number of hydrogen-bond acceptors (Lipinski definition) is 7. The first-order chi connectivity index (χ1) is 13.9. The van der Waals surface area contributed by atoms with Crippen LogP contribution in [0.3, 0.4) is 0 Å². The number of anilines is 1. The summed E-state index contributed by atoms with van der Waals surface area (Å²) in [6.07, 6.45) is 0. The van der Waals surface area contributed by atoms with E-state index in [4.69, 9.17) is 4.74 Å². The second kappa shape index (κ2) is 8.74. The van der Waals surface area contributed by atoms with E-state index in [1.165, 1.54) is 23.9 Å². The summed E-state index contributed by atoms with van der Waals surface area (Å²) in [5.41, 5.74) is 0.870. The van der Waals surface area contributed by atoms with Crippen LogP contribution in [0.5, 0.6) is 5.75 Å². The lowest BCUT2D eigenvalue weighted by Crippen LogP contribution is -2.23. The molecule has 1 aromatic heterocycles. The van der Waals surface area contributed by atoms with Crippen molar-refractivity contribution in [2.75, 3.05) is 12.4 Å². The zero-order valence-corrected chi connectivity index (χ0v) is 16.8. The van der Waals surface area contributed by atoms with Gasteiger partial charge in [0.2, 0.25) is 5.91 Å². The smallest absolute Gasteiger partial charge is 0.292 e. The number of methoxy groups -OCH3 is 1. The van der Waals surface area contributed by atoms with Crippen LogP contribution in [-0.4, -0.2) is 38.0 Å². The number of carbonyl (C=O) groups is 1. The topological polar surface area (TPSA) is 112 Å². The molecule has 2 aromatic carbocycles. The van der Waals surface area contributed by atoms with Crippen molar-refractivity contribution in [1.82, 2.24) is 14.8 Å². The highest BCUT2D eigenvalue weighted by molar-refractivity contribution is 8.00. The summed E-state index contributed by atoms with van der Waals surface area (Å²) in [4.78, 5) is 23.1. The van der Waals surface area contributed by atoms with Crippen molar-refractivity contribution in [3.63, 3.8) is 0 Å². The molecule has 0 fully saturated rings. The Morgan fingerprint density at radius 2 is 1.90 bits per heavy atom. The molecule has 0 saturated carbocycles. The monoisotopic (exact) mass is 413 g/mol. The van der Waals surface area contributed by atoms with E-state index in [-0.39, 0.29) is 17.3 Å². The van der Waals surface area contributed by atoms with Gasteiger partial charge in [-0.25, -0.2) is 0 Å². The number of benzene rings is 2. The fraction of sp³-hybridized carbons (Fsp3) is 0.211. The molecule has 29 heavy (non-hydrogen) atoms. The van der Waals surface area contributed by atoms with E-state index >= 15 is 0 Å². The van der Waals surface area contributed by atoms with Gasteiger partial charge in [-0.3, -0.25) is 14.9 Å². The molecule has 0 bridgehead atoms. The molecule has 0 aliphatic carbocycles. The number of thioether (sulfide) groups is 1. The quantitative estimate of drug-likeness (QED) is 0.358. The third kappa shape index (κ3) is 4.54. The van der Waals surface area contributed by atoms with E-state index in [1.54, 1.807) is 30.7 Å². The SMILES string of the molecule is COc1ccc(-c2nnc(S[C@@H](C)C(=O)Nc3ccccc3[N+](=O)[O-])n2C)cc1. The number of nitro benzene ring substituents is 1. The van der Waals surface area contributed by atoms with Crippen molar-refractivity contribution in [3.8, 4) is 17.1 Å². The van der Waals surface area contributed by atoms with Crippen LogP contribution in [-0.2, 0) is 11.8 Å². The van der Waals surface area contributed by atoms with Crippen molar-refractivity contribution in [1.29, 1.82) is 0 Å². The fourth-order valence-corrected chi connectivity index (χ4v) is 3.41. The number of carbonyl (C=O) groups excluding carboxylic acids is 1. The summed E-state index contributed by atoms with van der Waals surface area (Å²) in [5, 5.41) is 22.1. The van der Waals surface area contributed by atoms with Crippen LogP contribution in [0.4, 0.5) is 11.4 Å². The maximum Gasteiger partial charge on any atom is 0.292 e. The van der Waals surface area contributed by atoms with Gasteiger partial charge < -0.3 is 14.6 Å². The predicted octanol–water partition coefficient (Wildman–Crippen LogP) is 3.52. The summed E-state index contributed by atoms with van der Waals surface area (Å²) in [5.74, 6) is 1.03. The van der Waals surface area contributed by atoms with Gasteiger partial charge in [-0.1, -0.05) is 23.9 Å². The maximum atomic E-state index is 12.5. The number of aromatic nitrogens is 3. The van der Waals surface area contributed by atoms with Gasteiger partial charge in [0.05, 0.1) is 17.3 Å². The molecule has 0 spiro atoms. The first kappa shape index (κ1) is 20.3. The van der Waals surface area contributed by atoms with Crippen molar-refractivity contribution in [2.24, 2.45) is 7.05 Å². The van der Waals surface area contributed by atoms with Crippen LogP contribution in [0.25, 0.3) is 11.4 Å². The van der Waals surface area contributed by atoms with Crippen LogP contribution < -0.4 is 10.1 Å². The van der Waals surface area contributed by atoms with Crippen LogP contribution >= 0.6 is 11.8 Å². The Bertz CT molecular complexity index is 1040. The number of rotatable bonds is 7. The lowest BCUT2D eigenvalue weighted by atomic mass is 10.2. The zero-order valence-electron chi connectivity index (χ0n) is 16.0. The van der Waals surface area contributed by atoms with Crippen molar-refractivity contribution < 1.29 is 14.5 Å². The maximum absolute atomic E-state index is 12.5. The molecule has 150 valence electrons. The fourth-order valence-electron chi connectivity index (χ4n) is 2.59. The molecule has 9 nitrogen and oxygen atoms in total. The van der Waals surface area contributed by atoms with E-state index in [0.29, 0.717) is 11.0 Å². The number of hydrogen-bond donors (Lipinski definition) is 1. The van der Waals surface area contributed by atoms with E-state index in [1.807, 2.05) is 31.3 Å². The number of amides is 1. The minimum atomic E-state index is -0.540. The zero-order chi connectivity index (χ0) is 21.0.